The summed E-state index contributed by atoms with van der Waals surface area (Å²) < 4.78 is 0. The maximum atomic E-state index is 3.61. The summed E-state index contributed by atoms with van der Waals surface area (Å²) in [5.41, 5.74) is 0. The van der Waals surface area contributed by atoms with Crippen LogP contribution in [0.4, 0.5) is 0 Å². The van der Waals surface area contributed by atoms with Crippen molar-refractivity contribution in [2.45, 2.75) is 46.6 Å². The molecule has 1 heterocycles. The molecule has 0 aliphatic carbocycles. The van der Waals surface area contributed by atoms with E-state index in [0.29, 0.717) is 0 Å². The smallest absolute Gasteiger partial charge is 0.00749 e. The van der Waals surface area contributed by atoms with Crippen LogP contribution in [0.1, 0.15) is 40.5 Å². The molecule has 2 unspecified atom stereocenters. The van der Waals surface area contributed by atoms with E-state index in [0.717, 1.165) is 17.9 Å². The monoisotopic (exact) mass is 272 g/mol. The summed E-state index contributed by atoms with van der Waals surface area (Å²) in [6.45, 7) is 14.2. The van der Waals surface area contributed by atoms with Crippen molar-refractivity contribution in [3.05, 3.63) is 0 Å². The van der Waals surface area contributed by atoms with Gasteiger partial charge in [0.1, 0.15) is 0 Å². The van der Waals surface area contributed by atoms with Crippen LogP contribution in [-0.2, 0) is 0 Å². The normalized spacial score (nSPS) is 22.8. The Balaban J connectivity index is 2.11. The Hall–Kier alpha value is 0.270. The number of thioether (sulfide) groups is 1. The molecule has 2 atom stereocenters. The van der Waals surface area contributed by atoms with E-state index < -0.39 is 0 Å². The molecule has 2 nitrogen and oxygen atoms in total. The Morgan fingerprint density at radius 1 is 1.33 bits per heavy atom. The first-order chi connectivity index (χ1) is 8.63. The Bertz CT molecular complexity index is 209. The molecular formula is C15H32N2S. The Kier molecular flexibility index (Phi) is 8.36. The van der Waals surface area contributed by atoms with Crippen LogP contribution >= 0.6 is 11.8 Å². The lowest BCUT2D eigenvalue weighted by Gasteiger charge is -2.24. The molecule has 1 N–H and O–H groups in total. The molecular weight excluding hydrogens is 240 g/mol. The summed E-state index contributed by atoms with van der Waals surface area (Å²) in [6.07, 6.45) is 2.74. The highest BCUT2D eigenvalue weighted by molar-refractivity contribution is 7.99. The van der Waals surface area contributed by atoms with Gasteiger partial charge in [0.25, 0.3) is 0 Å². The number of nitrogens with one attached hydrogen (secondary N) is 1. The van der Waals surface area contributed by atoms with Crippen molar-refractivity contribution in [2.75, 3.05) is 37.7 Å². The zero-order chi connectivity index (χ0) is 13.4. The van der Waals surface area contributed by atoms with Crippen molar-refractivity contribution in [1.82, 2.24) is 10.2 Å². The number of hydrogen-bond acceptors (Lipinski definition) is 3. The molecule has 0 radical (unpaired) electrons. The van der Waals surface area contributed by atoms with Crippen LogP contribution in [0.3, 0.4) is 0 Å². The number of likely N-dealkylation sites (tertiary alicyclic amines) is 1. The van der Waals surface area contributed by atoms with E-state index in [1.807, 2.05) is 0 Å². The van der Waals surface area contributed by atoms with Gasteiger partial charge in [-0.25, -0.2) is 0 Å². The third kappa shape index (κ3) is 6.44. The summed E-state index contributed by atoms with van der Waals surface area (Å²) in [4.78, 5) is 2.69. The van der Waals surface area contributed by atoms with Gasteiger partial charge in [-0.1, -0.05) is 20.8 Å². The maximum Gasteiger partial charge on any atom is 0.00749 e. The highest BCUT2D eigenvalue weighted by Gasteiger charge is 2.25. The van der Waals surface area contributed by atoms with Crippen molar-refractivity contribution < 1.29 is 0 Å². The highest BCUT2D eigenvalue weighted by Crippen LogP contribution is 2.20. The summed E-state index contributed by atoms with van der Waals surface area (Å²) in [6, 6.07) is 0.777. The predicted octanol–water partition coefficient (Wildman–Crippen LogP) is 3.09. The first-order valence-corrected chi connectivity index (χ1v) is 8.81. The lowest BCUT2D eigenvalue weighted by atomic mass is 10.1. The van der Waals surface area contributed by atoms with Crippen LogP contribution in [0, 0.1) is 11.8 Å². The molecule has 108 valence electrons. The predicted molar refractivity (Wildman–Crippen MR) is 84.5 cm³/mol. The minimum Gasteiger partial charge on any atom is -0.316 e. The minimum atomic E-state index is 0.771. The SMILES string of the molecule is CCSCCC(C)N1CCC(CNCC(C)C)C1. The number of hydrogen-bond donors (Lipinski definition) is 1. The molecule has 0 spiro atoms. The first kappa shape index (κ1) is 16.3. The van der Waals surface area contributed by atoms with Crippen LogP contribution in [0.5, 0.6) is 0 Å². The lowest BCUT2D eigenvalue weighted by Crippen LogP contribution is -2.33. The molecule has 3 heteroatoms. The average Bonchev–Trinajstić information content (AvgIpc) is 2.77. The number of rotatable bonds is 9. The van der Waals surface area contributed by atoms with Gasteiger partial charge in [-0.2, -0.15) is 11.8 Å². The molecule has 1 rings (SSSR count). The van der Waals surface area contributed by atoms with Crippen LogP contribution in [0.2, 0.25) is 0 Å². The van der Waals surface area contributed by atoms with Crippen LogP contribution in [-0.4, -0.2) is 48.6 Å². The molecule has 0 aromatic carbocycles. The fourth-order valence-corrected chi connectivity index (χ4v) is 3.38. The van der Waals surface area contributed by atoms with E-state index in [4.69, 9.17) is 0 Å². The van der Waals surface area contributed by atoms with Crippen LogP contribution in [0.25, 0.3) is 0 Å². The second-order valence-corrected chi connectivity index (χ2v) is 7.43. The Morgan fingerprint density at radius 3 is 2.78 bits per heavy atom. The van der Waals surface area contributed by atoms with Crippen LogP contribution in [0.15, 0.2) is 0 Å². The largest absolute Gasteiger partial charge is 0.316 e. The second-order valence-electron chi connectivity index (χ2n) is 6.04. The summed E-state index contributed by atoms with van der Waals surface area (Å²) in [7, 11) is 0. The first-order valence-electron chi connectivity index (χ1n) is 7.66. The van der Waals surface area contributed by atoms with Crippen molar-refractivity contribution >= 4 is 11.8 Å². The van der Waals surface area contributed by atoms with Crippen molar-refractivity contribution in [1.29, 1.82) is 0 Å². The third-order valence-electron chi connectivity index (χ3n) is 3.81. The van der Waals surface area contributed by atoms with Gasteiger partial charge in [0.2, 0.25) is 0 Å². The Morgan fingerprint density at radius 2 is 2.11 bits per heavy atom. The summed E-state index contributed by atoms with van der Waals surface area (Å²) in [5, 5.41) is 3.61. The molecule has 1 aliphatic heterocycles. The van der Waals surface area contributed by atoms with Gasteiger partial charge in [0, 0.05) is 12.6 Å². The maximum absolute atomic E-state index is 3.61. The van der Waals surface area contributed by atoms with Crippen molar-refractivity contribution in [3.63, 3.8) is 0 Å². The number of nitrogens with zero attached hydrogens (tertiary/aromatic N) is 1. The Labute approximate surface area is 118 Å². The van der Waals surface area contributed by atoms with E-state index >= 15 is 0 Å². The zero-order valence-corrected chi connectivity index (χ0v) is 13.6. The average molecular weight is 273 g/mol. The standard InChI is InChI=1S/C15H32N2S/c1-5-18-9-7-14(4)17-8-6-15(12-17)11-16-10-13(2)3/h13-16H,5-12H2,1-4H3. The van der Waals surface area contributed by atoms with Crippen LogP contribution < -0.4 is 5.32 Å². The van der Waals surface area contributed by atoms with Crippen molar-refractivity contribution in [3.8, 4) is 0 Å². The summed E-state index contributed by atoms with van der Waals surface area (Å²) in [5.74, 6) is 4.23. The molecule has 1 aliphatic rings. The minimum absolute atomic E-state index is 0.771. The zero-order valence-electron chi connectivity index (χ0n) is 12.7. The van der Waals surface area contributed by atoms with E-state index in [9.17, 15) is 0 Å². The second kappa shape index (κ2) is 9.22. The molecule has 1 saturated heterocycles. The molecule has 0 saturated carbocycles. The topological polar surface area (TPSA) is 15.3 Å². The fourth-order valence-electron chi connectivity index (χ4n) is 2.59. The molecule has 1 fully saturated rings. The van der Waals surface area contributed by atoms with Gasteiger partial charge < -0.3 is 10.2 Å². The molecule has 0 bridgehead atoms. The molecule has 0 aromatic heterocycles. The van der Waals surface area contributed by atoms with E-state index in [1.54, 1.807) is 0 Å². The molecule has 0 amide bonds. The van der Waals surface area contributed by atoms with Crippen molar-refractivity contribution in [2.24, 2.45) is 11.8 Å². The lowest BCUT2D eigenvalue weighted by molar-refractivity contribution is 0.243. The fraction of sp³-hybridized carbons (Fsp3) is 1.00. The molecule has 18 heavy (non-hydrogen) atoms. The van der Waals surface area contributed by atoms with Gasteiger partial charge in [-0.15, -0.1) is 0 Å². The van der Waals surface area contributed by atoms with Gasteiger partial charge >= 0.3 is 0 Å². The van der Waals surface area contributed by atoms with E-state index in [1.165, 1.54) is 50.5 Å². The van der Waals surface area contributed by atoms with Gasteiger partial charge in [0.15, 0.2) is 0 Å². The molecule has 0 aromatic rings. The highest BCUT2D eigenvalue weighted by atomic mass is 32.2. The van der Waals surface area contributed by atoms with Gasteiger partial charge in [-0.3, -0.25) is 0 Å². The third-order valence-corrected chi connectivity index (χ3v) is 4.74. The van der Waals surface area contributed by atoms with E-state index in [-0.39, 0.29) is 0 Å². The van der Waals surface area contributed by atoms with Gasteiger partial charge in [0.05, 0.1) is 0 Å². The van der Waals surface area contributed by atoms with Gasteiger partial charge in [-0.05, 0) is 62.7 Å². The summed E-state index contributed by atoms with van der Waals surface area (Å²) >= 11 is 2.07. The quantitative estimate of drug-likeness (QED) is 0.649. The van der Waals surface area contributed by atoms with E-state index in [2.05, 4.69) is 49.7 Å².